The number of amides is 1. The van der Waals surface area contributed by atoms with E-state index >= 15 is 0 Å². The Morgan fingerprint density at radius 1 is 1.27 bits per heavy atom. The van der Waals surface area contributed by atoms with Crippen molar-refractivity contribution in [3.8, 4) is 5.75 Å². The number of rotatable bonds is 4. The van der Waals surface area contributed by atoms with Gasteiger partial charge in [-0.05, 0) is 25.0 Å². The van der Waals surface area contributed by atoms with Gasteiger partial charge in [-0.15, -0.1) is 10.2 Å². The van der Waals surface area contributed by atoms with Gasteiger partial charge in [-0.25, -0.2) is 18.5 Å². The van der Waals surface area contributed by atoms with E-state index in [1.54, 1.807) is 9.69 Å². The molecule has 6 nitrogen and oxygen atoms in total. The van der Waals surface area contributed by atoms with Crippen LogP contribution in [0.1, 0.15) is 31.5 Å². The molecule has 0 unspecified atom stereocenters. The van der Waals surface area contributed by atoms with E-state index < -0.39 is 11.6 Å². The minimum atomic E-state index is -0.781. The van der Waals surface area contributed by atoms with E-state index in [1.165, 1.54) is 17.8 Å². The highest BCUT2D eigenvalue weighted by Crippen LogP contribution is 2.30. The van der Waals surface area contributed by atoms with Gasteiger partial charge in [-0.3, -0.25) is 4.79 Å². The Labute approximate surface area is 153 Å². The molecule has 0 bridgehead atoms. The van der Waals surface area contributed by atoms with Crippen LogP contribution in [0.3, 0.4) is 0 Å². The molecule has 1 saturated carbocycles. The number of ether oxygens (including phenoxy) is 1. The molecule has 26 heavy (non-hydrogen) atoms. The number of halogens is 2. The fourth-order valence-electron chi connectivity index (χ4n) is 3.37. The fourth-order valence-corrected chi connectivity index (χ4v) is 4.24. The van der Waals surface area contributed by atoms with Crippen molar-refractivity contribution < 1.29 is 18.3 Å². The minimum Gasteiger partial charge on any atom is -0.482 e. The lowest BCUT2D eigenvalue weighted by Crippen LogP contribution is -2.48. The molecule has 0 spiro atoms. The van der Waals surface area contributed by atoms with E-state index in [1.807, 2.05) is 0 Å². The Morgan fingerprint density at radius 2 is 2.08 bits per heavy atom. The molecule has 1 aliphatic heterocycles. The summed E-state index contributed by atoms with van der Waals surface area (Å²) in [5.74, 6) is -0.224. The van der Waals surface area contributed by atoms with E-state index in [2.05, 4.69) is 10.2 Å². The number of fused-ring (bicyclic) bond motifs is 1. The van der Waals surface area contributed by atoms with Crippen LogP contribution in [0.25, 0.3) is 0 Å². The Bertz CT molecular complexity index is 823. The summed E-state index contributed by atoms with van der Waals surface area (Å²) in [5.41, 5.74) is 0. The molecule has 1 amide bonds. The van der Waals surface area contributed by atoms with Gasteiger partial charge in [-0.1, -0.05) is 24.6 Å². The van der Waals surface area contributed by atoms with Gasteiger partial charge in [-0.2, -0.15) is 0 Å². The quantitative estimate of drug-likeness (QED) is 0.816. The van der Waals surface area contributed by atoms with E-state index in [0.29, 0.717) is 17.5 Å². The zero-order chi connectivity index (χ0) is 18.1. The standard InChI is InChI=1S/C17H18F2N4O2S/c18-12-5-6-14(13(19)9-12)25-10-15-20-21-17-23(15)22(7-8-26-17)16(24)11-3-1-2-4-11/h5-6,9,11H,1-4,7-8,10H2. The summed E-state index contributed by atoms with van der Waals surface area (Å²) in [7, 11) is 0. The van der Waals surface area contributed by atoms with Gasteiger partial charge in [0, 0.05) is 17.7 Å². The lowest BCUT2D eigenvalue weighted by molar-refractivity contribution is -0.124. The van der Waals surface area contributed by atoms with Crippen molar-refractivity contribution in [1.29, 1.82) is 0 Å². The van der Waals surface area contributed by atoms with E-state index in [0.717, 1.165) is 43.6 Å². The number of nitrogens with zero attached hydrogens (tertiary/aromatic N) is 4. The van der Waals surface area contributed by atoms with Crippen LogP contribution in [0, 0.1) is 17.6 Å². The first-order valence-corrected chi connectivity index (χ1v) is 9.58. The predicted molar refractivity (Wildman–Crippen MR) is 91.5 cm³/mol. The maximum Gasteiger partial charge on any atom is 0.244 e. The largest absolute Gasteiger partial charge is 0.482 e. The molecule has 138 valence electrons. The zero-order valence-electron chi connectivity index (χ0n) is 14.0. The Morgan fingerprint density at radius 3 is 2.85 bits per heavy atom. The highest BCUT2D eigenvalue weighted by atomic mass is 32.2. The van der Waals surface area contributed by atoms with Gasteiger partial charge in [0.1, 0.15) is 12.4 Å². The maximum absolute atomic E-state index is 13.8. The number of hydrogen-bond donors (Lipinski definition) is 0. The van der Waals surface area contributed by atoms with E-state index in [-0.39, 0.29) is 24.2 Å². The van der Waals surface area contributed by atoms with Gasteiger partial charge in [0.2, 0.25) is 11.1 Å². The van der Waals surface area contributed by atoms with Crippen LogP contribution in [-0.2, 0) is 11.4 Å². The number of carbonyl (C=O) groups excluding carboxylic acids is 1. The fraction of sp³-hybridized carbons (Fsp3) is 0.471. The summed E-state index contributed by atoms with van der Waals surface area (Å²) in [4.78, 5) is 12.9. The molecule has 1 fully saturated rings. The summed E-state index contributed by atoms with van der Waals surface area (Å²) in [6.45, 7) is 0.507. The molecule has 1 aliphatic carbocycles. The van der Waals surface area contributed by atoms with Crippen molar-refractivity contribution in [3.05, 3.63) is 35.7 Å². The second-order valence-electron chi connectivity index (χ2n) is 6.37. The summed E-state index contributed by atoms with van der Waals surface area (Å²) in [5, 5.41) is 10.5. The van der Waals surface area contributed by atoms with Crippen molar-refractivity contribution in [3.63, 3.8) is 0 Å². The second kappa shape index (κ2) is 7.22. The Hall–Kier alpha value is -2.16. The number of benzene rings is 1. The first-order valence-electron chi connectivity index (χ1n) is 8.60. The average molecular weight is 380 g/mol. The van der Waals surface area contributed by atoms with Gasteiger partial charge < -0.3 is 4.74 Å². The molecule has 0 saturated heterocycles. The third-order valence-corrected chi connectivity index (χ3v) is 5.56. The monoisotopic (exact) mass is 380 g/mol. The van der Waals surface area contributed by atoms with Crippen LogP contribution >= 0.6 is 11.8 Å². The molecular weight excluding hydrogens is 362 g/mol. The van der Waals surface area contributed by atoms with Crippen LogP contribution in [-0.4, -0.2) is 33.1 Å². The summed E-state index contributed by atoms with van der Waals surface area (Å²) >= 11 is 1.52. The van der Waals surface area contributed by atoms with Gasteiger partial charge in [0.25, 0.3) is 0 Å². The summed E-state index contributed by atoms with van der Waals surface area (Å²) < 4.78 is 33.9. The van der Waals surface area contributed by atoms with Crippen molar-refractivity contribution in [2.75, 3.05) is 17.3 Å². The third kappa shape index (κ3) is 3.27. The van der Waals surface area contributed by atoms with Crippen molar-refractivity contribution >= 4 is 17.7 Å². The van der Waals surface area contributed by atoms with Crippen LogP contribution in [0.5, 0.6) is 5.75 Å². The maximum atomic E-state index is 13.8. The summed E-state index contributed by atoms with van der Waals surface area (Å²) in [6.07, 6.45) is 3.97. The molecule has 0 atom stereocenters. The van der Waals surface area contributed by atoms with Crippen LogP contribution in [0.2, 0.25) is 0 Å². The average Bonchev–Trinajstić information content (AvgIpc) is 3.30. The van der Waals surface area contributed by atoms with Crippen molar-refractivity contribution in [2.45, 2.75) is 37.4 Å². The Kier molecular flexibility index (Phi) is 4.80. The molecule has 2 heterocycles. The number of aromatic nitrogens is 3. The van der Waals surface area contributed by atoms with Gasteiger partial charge in [0.15, 0.2) is 17.4 Å². The summed E-state index contributed by atoms with van der Waals surface area (Å²) in [6, 6.07) is 3.12. The normalized spacial score (nSPS) is 17.4. The van der Waals surface area contributed by atoms with Crippen molar-refractivity contribution in [2.24, 2.45) is 5.92 Å². The first kappa shape index (κ1) is 17.3. The lowest BCUT2D eigenvalue weighted by atomic mass is 10.1. The molecule has 0 N–H and O–H groups in total. The SMILES string of the molecule is O=C(C1CCCC1)N1CCSc2nnc(COc3ccc(F)cc3F)n21. The lowest BCUT2D eigenvalue weighted by Gasteiger charge is -2.31. The Balaban J connectivity index is 1.55. The highest BCUT2D eigenvalue weighted by Gasteiger charge is 2.33. The predicted octanol–water partition coefficient (Wildman–Crippen LogP) is 2.90. The highest BCUT2D eigenvalue weighted by molar-refractivity contribution is 7.99. The molecular formula is C17H18F2N4O2S. The molecule has 9 heteroatoms. The van der Waals surface area contributed by atoms with Gasteiger partial charge >= 0.3 is 0 Å². The molecule has 1 aromatic heterocycles. The second-order valence-corrected chi connectivity index (χ2v) is 7.43. The van der Waals surface area contributed by atoms with Crippen LogP contribution in [0.15, 0.2) is 23.4 Å². The van der Waals surface area contributed by atoms with E-state index in [4.69, 9.17) is 4.74 Å². The number of carbonyl (C=O) groups is 1. The minimum absolute atomic E-state index is 0.0386. The molecule has 0 radical (unpaired) electrons. The smallest absolute Gasteiger partial charge is 0.244 e. The first-order chi connectivity index (χ1) is 12.6. The topological polar surface area (TPSA) is 60.3 Å². The van der Waals surface area contributed by atoms with Crippen LogP contribution in [0.4, 0.5) is 8.78 Å². The number of thioether (sulfide) groups is 1. The third-order valence-electron chi connectivity index (χ3n) is 4.66. The zero-order valence-corrected chi connectivity index (χ0v) is 14.8. The molecule has 1 aromatic carbocycles. The van der Waals surface area contributed by atoms with Crippen molar-refractivity contribution in [1.82, 2.24) is 14.9 Å². The van der Waals surface area contributed by atoms with E-state index in [9.17, 15) is 13.6 Å². The molecule has 2 aromatic rings. The number of hydrogen-bond acceptors (Lipinski definition) is 5. The molecule has 4 rings (SSSR count). The van der Waals surface area contributed by atoms with Gasteiger partial charge in [0.05, 0.1) is 6.54 Å². The molecule has 2 aliphatic rings. The van der Waals surface area contributed by atoms with Crippen LogP contribution < -0.4 is 9.75 Å².